The van der Waals surface area contributed by atoms with Crippen molar-refractivity contribution in [3.8, 4) is 0 Å². The summed E-state index contributed by atoms with van der Waals surface area (Å²) >= 11 is 3.50. The third-order valence-electron chi connectivity index (χ3n) is 3.45. The quantitative estimate of drug-likeness (QED) is 0.547. The van der Waals surface area contributed by atoms with E-state index < -0.39 is 5.54 Å². The standard InChI is InChI=1S/C16H24BrNO2/c1-4-5-6-9-12-16(2,15(19)20-3)18-14-11-8-7-10-13(14)17/h7-8,10-11,18H,4-6,9,12H2,1-3H3. The maximum atomic E-state index is 12.1. The lowest BCUT2D eigenvalue weighted by Crippen LogP contribution is -2.44. The molecule has 0 amide bonds. The molecule has 0 fully saturated rings. The number of para-hydroxylation sites is 1. The molecule has 1 rings (SSSR count). The molecule has 0 radical (unpaired) electrons. The number of nitrogens with one attached hydrogen (secondary N) is 1. The summed E-state index contributed by atoms with van der Waals surface area (Å²) in [5, 5.41) is 3.33. The predicted molar refractivity (Wildman–Crippen MR) is 86.9 cm³/mol. The van der Waals surface area contributed by atoms with E-state index in [2.05, 4.69) is 28.2 Å². The van der Waals surface area contributed by atoms with E-state index in [1.165, 1.54) is 20.0 Å². The molecule has 112 valence electrons. The first-order valence-electron chi connectivity index (χ1n) is 7.14. The van der Waals surface area contributed by atoms with Gasteiger partial charge in [-0.2, -0.15) is 0 Å². The number of esters is 1. The average Bonchev–Trinajstić information content (AvgIpc) is 2.45. The third-order valence-corrected chi connectivity index (χ3v) is 4.14. The Hall–Kier alpha value is -1.03. The smallest absolute Gasteiger partial charge is 0.331 e. The van der Waals surface area contributed by atoms with Gasteiger partial charge < -0.3 is 10.1 Å². The first-order valence-corrected chi connectivity index (χ1v) is 7.94. The van der Waals surface area contributed by atoms with Crippen molar-refractivity contribution in [3.63, 3.8) is 0 Å². The molecule has 4 heteroatoms. The summed E-state index contributed by atoms with van der Waals surface area (Å²) in [6.07, 6.45) is 5.30. The van der Waals surface area contributed by atoms with Crippen LogP contribution >= 0.6 is 15.9 Å². The van der Waals surface area contributed by atoms with E-state index >= 15 is 0 Å². The summed E-state index contributed by atoms with van der Waals surface area (Å²) in [6.45, 7) is 4.09. The Kier molecular flexibility index (Phi) is 7.06. The maximum Gasteiger partial charge on any atom is 0.331 e. The molecule has 1 atom stereocenters. The van der Waals surface area contributed by atoms with Crippen molar-refractivity contribution in [1.82, 2.24) is 0 Å². The second-order valence-corrected chi connectivity index (χ2v) is 6.09. The van der Waals surface area contributed by atoms with Gasteiger partial charge in [-0.05, 0) is 41.4 Å². The first-order chi connectivity index (χ1) is 9.53. The highest BCUT2D eigenvalue weighted by atomic mass is 79.9. The van der Waals surface area contributed by atoms with Crippen LogP contribution in [-0.4, -0.2) is 18.6 Å². The summed E-state index contributed by atoms with van der Waals surface area (Å²) in [5.74, 6) is -0.218. The lowest BCUT2D eigenvalue weighted by atomic mass is 9.93. The number of hydrogen-bond acceptors (Lipinski definition) is 3. The number of ether oxygens (including phenoxy) is 1. The van der Waals surface area contributed by atoms with Gasteiger partial charge in [0.15, 0.2) is 0 Å². The zero-order valence-electron chi connectivity index (χ0n) is 12.5. The van der Waals surface area contributed by atoms with Gasteiger partial charge in [-0.15, -0.1) is 0 Å². The molecule has 1 unspecified atom stereocenters. The van der Waals surface area contributed by atoms with Crippen LogP contribution in [-0.2, 0) is 9.53 Å². The normalized spacial score (nSPS) is 13.6. The Labute approximate surface area is 130 Å². The summed E-state index contributed by atoms with van der Waals surface area (Å²) in [4.78, 5) is 12.1. The van der Waals surface area contributed by atoms with Crippen LogP contribution in [0.1, 0.15) is 46.0 Å². The zero-order chi connectivity index (χ0) is 15.0. The van der Waals surface area contributed by atoms with E-state index in [9.17, 15) is 4.79 Å². The van der Waals surface area contributed by atoms with Gasteiger partial charge in [-0.1, -0.05) is 44.7 Å². The van der Waals surface area contributed by atoms with E-state index in [1.807, 2.05) is 31.2 Å². The Bertz CT molecular complexity index is 436. The van der Waals surface area contributed by atoms with Gasteiger partial charge in [-0.25, -0.2) is 4.79 Å². The van der Waals surface area contributed by atoms with Crippen molar-refractivity contribution in [2.75, 3.05) is 12.4 Å². The predicted octanol–water partition coefficient (Wildman–Crippen LogP) is 4.76. The number of benzene rings is 1. The lowest BCUT2D eigenvalue weighted by molar-refractivity contribution is -0.145. The van der Waals surface area contributed by atoms with E-state index in [0.717, 1.165) is 29.4 Å². The Morgan fingerprint density at radius 3 is 2.60 bits per heavy atom. The molecule has 0 bridgehead atoms. The molecule has 1 aromatic rings. The SMILES string of the molecule is CCCCCCC(C)(Nc1ccccc1Br)C(=O)OC. The molecule has 20 heavy (non-hydrogen) atoms. The fourth-order valence-corrected chi connectivity index (χ4v) is 2.59. The molecule has 3 nitrogen and oxygen atoms in total. The minimum Gasteiger partial charge on any atom is -0.467 e. The van der Waals surface area contributed by atoms with Crippen LogP contribution in [0.3, 0.4) is 0 Å². The maximum absolute atomic E-state index is 12.1. The average molecular weight is 342 g/mol. The lowest BCUT2D eigenvalue weighted by Gasteiger charge is -2.29. The molecule has 0 aliphatic heterocycles. The zero-order valence-corrected chi connectivity index (χ0v) is 14.1. The number of carbonyl (C=O) groups excluding carboxylic acids is 1. The fraction of sp³-hybridized carbons (Fsp3) is 0.562. The summed E-state index contributed by atoms with van der Waals surface area (Å²) in [7, 11) is 1.44. The van der Waals surface area contributed by atoms with Gasteiger partial charge in [-0.3, -0.25) is 0 Å². The number of methoxy groups -OCH3 is 1. The molecule has 0 aliphatic carbocycles. The van der Waals surface area contributed by atoms with Crippen LogP contribution in [0.15, 0.2) is 28.7 Å². The van der Waals surface area contributed by atoms with Crippen molar-refractivity contribution in [3.05, 3.63) is 28.7 Å². The Balaban J connectivity index is 2.78. The Morgan fingerprint density at radius 2 is 2.00 bits per heavy atom. The first kappa shape index (κ1) is 17.0. The van der Waals surface area contributed by atoms with Crippen LogP contribution in [0.25, 0.3) is 0 Å². The number of anilines is 1. The number of halogens is 1. The molecule has 1 aromatic carbocycles. The second-order valence-electron chi connectivity index (χ2n) is 5.24. The van der Waals surface area contributed by atoms with Crippen LogP contribution in [0, 0.1) is 0 Å². The van der Waals surface area contributed by atoms with Gasteiger partial charge in [0.2, 0.25) is 0 Å². The highest BCUT2D eigenvalue weighted by molar-refractivity contribution is 9.10. The van der Waals surface area contributed by atoms with Crippen LogP contribution in [0.4, 0.5) is 5.69 Å². The molecular weight excluding hydrogens is 318 g/mol. The summed E-state index contributed by atoms with van der Waals surface area (Å²) < 4.78 is 5.92. The molecule has 0 saturated heterocycles. The largest absolute Gasteiger partial charge is 0.467 e. The van der Waals surface area contributed by atoms with Crippen molar-refractivity contribution >= 4 is 27.6 Å². The van der Waals surface area contributed by atoms with E-state index in [0.29, 0.717) is 0 Å². The van der Waals surface area contributed by atoms with E-state index in [4.69, 9.17) is 4.74 Å². The van der Waals surface area contributed by atoms with E-state index in [1.54, 1.807) is 0 Å². The number of unbranched alkanes of at least 4 members (excludes halogenated alkanes) is 3. The number of rotatable bonds is 8. The molecule has 0 saturated carbocycles. The summed E-state index contributed by atoms with van der Waals surface area (Å²) in [6, 6.07) is 7.81. The monoisotopic (exact) mass is 341 g/mol. The topological polar surface area (TPSA) is 38.3 Å². The number of carbonyl (C=O) groups is 1. The highest BCUT2D eigenvalue weighted by Gasteiger charge is 2.34. The molecule has 1 N–H and O–H groups in total. The molecule has 0 aliphatic rings. The van der Waals surface area contributed by atoms with Gasteiger partial charge in [0.25, 0.3) is 0 Å². The van der Waals surface area contributed by atoms with Gasteiger partial charge in [0.1, 0.15) is 5.54 Å². The van der Waals surface area contributed by atoms with Gasteiger partial charge >= 0.3 is 5.97 Å². The number of hydrogen-bond donors (Lipinski definition) is 1. The minimum absolute atomic E-state index is 0.218. The van der Waals surface area contributed by atoms with Gasteiger partial charge in [0.05, 0.1) is 7.11 Å². The summed E-state index contributed by atoms with van der Waals surface area (Å²) in [5.41, 5.74) is 0.225. The second kappa shape index (κ2) is 8.30. The van der Waals surface area contributed by atoms with Crippen LogP contribution in [0.2, 0.25) is 0 Å². The molecule has 0 spiro atoms. The van der Waals surface area contributed by atoms with Crippen molar-refractivity contribution < 1.29 is 9.53 Å². The van der Waals surface area contributed by atoms with Crippen molar-refractivity contribution in [1.29, 1.82) is 0 Å². The van der Waals surface area contributed by atoms with Crippen LogP contribution < -0.4 is 5.32 Å². The molecular formula is C16H24BrNO2. The minimum atomic E-state index is -0.688. The third kappa shape index (κ3) is 4.82. The van der Waals surface area contributed by atoms with Crippen LogP contribution in [0.5, 0.6) is 0 Å². The molecule has 0 heterocycles. The van der Waals surface area contributed by atoms with Crippen molar-refractivity contribution in [2.24, 2.45) is 0 Å². The van der Waals surface area contributed by atoms with Gasteiger partial charge in [0, 0.05) is 10.2 Å². The Morgan fingerprint density at radius 1 is 1.30 bits per heavy atom. The fourth-order valence-electron chi connectivity index (χ4n) is 2.21. The highest BCUT2D eigenvalue weighted by Crippen LogP contribution is 2.28. The van der Waals surface area contributed by atoms with E-state index in [-0.39, 0.29) is 5.97 Å². The van der Waals surface area contributed by atoms with Crippen molar-refractivity contribution in [2.45, 2.75) is 51.5 Å². The molecule has 0 aromatic heterocycles.